The lowest BCUT2D eigenvalue weighted by Gasteiger charge is -2.39. The molecule has 1 saturated carbocycles. The van der Waals surface area contributed by atoms with E-state index in [2.05, 4.69) is 5.32 Å². The summed E-state index contributed by atoms with van der Waals surface area (Å²) in [7, 11) is 1.13. The predicted octanol–water partition coefficient (Wildman–Crippen LogP) is 6.57. The van der Waals surface area contributed by atoms with E-state index in [4.69, 9.17) is 27.9 Å². The number of halogens is 3. The number of methoxy groups -OCH3 is 1. The average molecular weight is 704 g/mol. The summed E-state index contributed by atoms with van der Waals surface area (Å²) in [5.41, 5.74) is -1.88. The number of nitro groups is 2. The van der Waals surface area contributed by atoms with Gasteiger partial charge in [0.05, 0.1) is 46.2 Å². The van der Waals surface area contributed by atoms with Crippen LogP contribution in [0.5, 0.6) is 0 Å². The summed E-state index contributed by atoms with van der Waals surface area (Å²) in [5, 5.41) is 39.8. The summed E-state index contributed by atoms with van der Waals surface area (Å²) < 4.78 is 20.7. The molecule has 3 aliphatic rings. The summed E-state index contributed by atoms with van der Waals surface area (Å²) in [6.45, 7) is 1.71. The lowest BCUT2D eigenvalue weighted by molar-refractivity contribution is -0.528. The SMILES string of the molecule is C.COC(=O)c1cc([N+](=O)[O-])c(C(O)C[C@H]2[C@@H]([N+](=O)[O-])[C@H](c3cccc(Cl)c3F)[C@]3(C(=O)Nc4cc(Cl)ccc43)N2CC2CC2)cc1C. The van der Waals surface area contributed by atoms with E-state index in [-0.39, 0.29) is 47.2 Å². The first-order chi connectivity index (χ1) is 22.3. The van der Waals surface area contributed by atoms with Crippen LogP contribution in [0, 0.1) is 38.9 Å². The number of hydrogen-bond acceptors (Lipinski definition) is 9. The number of carbonyl (C=O) groups excluding carboxylic acids is 2. The third-order valence-corrected chi connectivity index (χ3v) is 10.1. The van der Waals surface area contributed by atoms with Gasteiger partial charge in [0.15, 0.2) is 0 Å². The molecule has 2 N–H and O–H groups in total. The molecule has 2 heterocycles. The minimum atomic E-state index is -1.83. The minimum Gasteiger partial charge on any atom is -0.465 e. The van der Waals surface area contributed by atoms with Gasteiger partial charge in [0.1, 0.15) is 11.4 Å². The van der Waals surface area contributed by atoms with Crippen LogP contribution in [0.15, 0.2) is 48.5 Å². The van der Waals surface area contributed by atoms with Crippen LogP contribution in [-0.2, 0) is 15.1 Å². The summed E-state index contributed by atoms with van der Waals surface area (Å²) in [4.78, 5) is 52.3. The molecule has 15 heteroatoms. The van der Waals surface area contributed by atoms with Gasteiger partial charge in [0.2, 0.25) is 6.04 Å². The number of ether oxygens (including phenoxy) is 1. The lowest BCUT2D eigenvalue weighted by atomic mass is 9.73. The second-order valence-electron chi connectivity index (χ2n) is 12.2. The fourth-order valence-corrected chi connectivity index (χ4v) is 7.72. The second kappa shape index (κ2) is 13.0. The molecule has 1 amide bonds. The Morgan fingerprint density at radius 2 is 1.90 bits per heavy atom. The number of carbonyl (C=O) groups is 2. The van der Waals surface area contributed by atoms with Crippen LogP contribution in [0.3, 0.4) is 0 Å². The van der Waals surface area contributed by atoms with Crippen LogP contribution in [0.4, 0.5) is 15.8 Å². The number of rotatable bonds is 9. The van der Waals surface area contributed by atoms with Gasteiger partial charge in [-0.25, -0.2) is 9.18 Å². The predicted molar refractivity (Wildman–Crippen MR) is 175 cm³/mol. The largest absolute Gasteiger partial charge is 0.465 e. The van der Waals surface area contributed by atoms with E-state index in [9.17, 15) is 34.9 Å². The fourth-order valence-electron chi connectivity index (χ4n) is 7.37. The van der Waals surface area contributed by atoms with Crippen molar-refractivity contribution in [1.29, 1.82) is 0 Å². The van der Waals surface area contributed by atoms with Crippen molar-refractivity contribution in [1.82, 2.24) is 4.90 Å². The van der Waals surface area contributed by atoms with Crippen LogP contribution in [0.2, 0.25) is 10.0 Å². The molecule has 0 aromatic heterocycles. The van der Waals surface area contributed by atoms with E-state index < -0.39 is 69.3 Å². The molecule has 1 saturated heterocycles. The number of benzene rings is 3. The number of aryl methyl sites for hydroxylation is 1. The van der Waals surface area contributed by atoms with Crippen molar-refractivity contribution in [3.63, 3.8) is 0 Å². The molecule has 1 aliphatic carbocycles. The Labute approximate surface area is 285 Å². The van der Waals surface area contributed by atoms with Crippen LogP contribution >= 0.6 is 23.2 Å². The highest BCUT2D eigenvalue weighted by Gasteiger charge is 2.71. The van der Waals surface area contributed by atoms with Crippen LogP contribution in [0.1, 0.15) is 71.3 Å². The van der Waals surface area contributed by atoms with E-state index in [0.29, 0.717) is 16.3 Å². The maximum absolute atomic E-state index is 16.0. The van der Waals surface area contributed by atoms with Crippen molar-refractivity contribution in [3.05, 3.63) is 112 Å². The normalized spacial score (nSPS) is 23.7. The van der Waals surface area contributed by atoms with Gasteiger partial charge >= 0.3 is 5.97 Å². The number of fused-ring (bicyclic) bond motifs is 2. The molecule has 2 aliphatic heterocycles. The highest BCUT2D eigenvalue weighted by Crippen LogP contribution is 2.60. The summed E-state index contributed by atoms with van der Waals surface area (Å²) >= 11 is 12.5. The molecule has 3 aromatic carbocycles. The molecule has 5 atom stereocenters. The Hall–Kier alpha value is -4.17. The van der Waals surface area contributed by atoms with Crippen LogP contribution < -0.4 is 5.32 Å². The molecule has 2 fully saturated rings. The van der Waals surface area contributed by atoms with Gasteiger partial charge in [-0.2, -0.15) is 0 Å². The second-order valence-corrected chi connectivity index (χ2v) is 13.0. The third kappa shape index (κ3) is 5.58. The molecule has 0 bridgehead atoms. The number of nitrogens with one attached hydrogen (secondary N) is 1. The Morgan fingerprint density at radius 3 is 2.52 bits per heavy atom. The Bertz CT molecular complexity index is 1840. The van der Waals surface area contributed by atoms with Gasteiger partial charge < -0.3 is 15.2 Å². The maximum atomic E-state index is 16.0. The van der Waals surface area contributed by atoms with Crippen molar-refractivity contribution in [2.24, 2.45) is 5.92 Å². The highest BCUT2D eigenvalue weighted by atomic mass is 35.5. The van der Waals surface area contributed by atoms with Crippen molar-refractivity contribution < 1.29 is 33.7 Å². The average Bonchev–Trinajstić information content (AvgIpc) is 3.74. The summed E-state index contributed by atoms with van der Waals surface area (Å²) in [6, 6.07) is 8.12. The van der Waals surface area contributed by atoms with Gasteiger partial charge in [-0.3, -0.25) is 29.9 Å². The molecule has 12 nitrogen and oxygen atoms in total. The van der Waals surface area contributed by atoms with E-state index in [1.807, 2.05) is 0 Å². The van der Waals surface area contributed by atoms with E-state index in [1.165, 1.54) is 37.3 Å². The highest BCUT2D eigenvalue weighted by molar-refractivity contribution is 6.31. The molecule has 1 spiro atoms. The topological polar surface area (TPSA) is 165 Å². The van der Waals surface area contributed by atoms with Crippen LogP contribution in [0.25, 0.3) is 0 Å². The van der Waals surface area contributed by atoms with Crippen molar-refractivity contribution in [3.8, 4) is 0 Å². The van der Waals surface area contributed by atoms with Gasteiger partial charge in [-0.05, 0) is 61.9 Å². The first kappa shape index (κ1) is 35.1. The Balaban J connectivity index is 0.00000451. The zero-order valence-electron chi connectivity index (χ0n) is 25.1. The van der Waals surface area contributed by atoms with Crippen molar-refractivity contribution >= 4 is 46.5 Å². The first-order valence-corrected chi connectivity index (χ1v) is 15.6. The number of esters is 1. The molecule has 6 rings (SSSR count). The smallest absolute Gasteiger partial charge is 0.338 e. The standard InChI is InChI=1S/C32H29Cl2FN4O8.CH4/c1-15-10-20(24(38(43)44)12-19(15)30(41)47-2)26(40)13-25-29(39(45)46)27(18-4-3-5-22(34)28(18)35)32(37(25)14-16-6-7-16)21-9-8-17(33)11-23(21)36-31(32)42;/h3-5,8-12,16,25-27,29,40H,6-7,13-14H2,1-2H3,(H,36,42);1H4/t25-,26?,27-,29+,32+;/m0./s1. The third-order valence-electron chi connectivity index (χ3n) is 9.54. The molecular formula is C33H33Cl2FN4O8. The molecule has 48 heavy (non-hydrogen) atoms. The van der Waals surface area contributed by atoms with E-state index in [1.54, 1.807) is 17.0 Å². The number of anilines is 1. The fraction of sp³-hybridized carbons (Fsp3) is 0.394. The zero-order valence-corrected chi connectivity index (χ0v) is 26.6. The Morgan fingerprint density at radius 1 is 1.19 bits per heavy atom. The number of likely N-dealkylation sites (tertiary alicyclic amines) is 1. The van der Waals surface area contributed by atoms with Gasteiger partial charge in [-0.1, -0.05) is 48.8 Å². The molecule has 3 aromatic rings. The number of hydrogen-bond donors (Lipinski definition) is 2. The Kier molecular flexibility index (Phi) is 9.54. The summed E-state index contributed by atoms with van der Waals surface area (Å²) in [6.07, 6.45) is -0.525. The van der Waals surface area contributed by atoms with Crippen molar-refractivity contribution in [2.45, 2.75) is 63.3 Å². The van der Waals surface area contributed by atoms with Crippen molar-refractivity contribution in [2.75, 3.05) is 19.0 Å². The lowest BCUT2D eigenvalue weighted by Crippen LogP contribution is -2.53. The maximum Gasteiger partial charge on any atom is 0.338 e. The van der Waals surface area contributed by atoms with Gasteiger partial charge in [0.25, 0.3) is 11.6 Å². The minimum absolute atomic E-state index is 0. The number of amides is 1. The number of nitrogens with zero attached hydrogens (tertiary/aromatic N) is 3. The van der Waals surface area contributed by atoms with Crippen LogP contribution in [-0.4, -0.2) is 57.5 Å². The van der Waals surface area contributed by atoms with E-state index >= 15 is 4.39 Å². The summed E-state index contributed by atoms with van der Waals surface area (Å²) in [5.74, 6) is -3.74. The number of aliphatic hydroxyl groups excluding tert-OH is 1. The number of aliphatic hydroxyl groups is 1. The first-order valence-electron chi connectivity index (χ1n) is 14.8. The molecule has 1 unspecified atom stereocenters. The van der Waals surface area contributed by atoms with Gasteiger partial charge in [0, 0.05) is 39.4 Å². The molecule has 0 radical (unpaired) electrons. The quantitative estimate of drug-likeness (QED) is 0.143. The monoisotopic (exact) mass is 702 g/mol. The van der Waals surface area contributed by atoms with Gasteiger partial charge in [-0.15, -0.1) is 0 Å². The number of nitro benzene ring substituents is 1. The van der Waals surface area contributed by atoms with E-state index in [0.717, 1.165) is 26.0 Å². The molecule has 254 valence electrons. The molecular weight excluding hydrogens is 670 g/mol. The zero-order chi connectivity index (χ0) is 33.9.